The summed E-state index contributed by atoms with van der Waals surface area (Å²) in [7, 11) is -9.62. The van der Waals surface area contributed by atoms with Crippen LogP contribution in [0, 0.1) is 0 Å². The number of rotatable bonds is 3. The maximum Gasteiger partial charge on any atom is 0.446 e. The molecule has 0 aliphatic heterocycles. The minimum atomic E-state index is -4.93. The highest BCUT2D eigenvalue weighted by Gasteiger charge is 2.22. The van der Waals surface area contributed by atoms with Crippen LogP contribution in [-0.4, -0.2) is 25.9 Å². The van der Waals surface area contributed by atoms with Crippen molar-refractivity contribution in [3.63, 3.8) is 0 Å². The zero-order chi connectivity index (χ0) is 14.3. The number of fused-ring (bicyclic) bond motifs is 1. The van der Waals surface area contributed by atoms with Gasteiger partial charge in [-0.25, -0.2) is 0 Å². The number of benzene rings is 2. The van der Waals surface area contributed by atoms with E-state index >= 15 is 0 Å². The van der Waals surface area contributed by atoms with Crippen LogP contribution in [0.2, 0.25) is 0 Å². The molecule has 0 saturated carbocycles. The number of hydrogen-bond acceptors (Lipinski definition) is 5. The summed E-state index contributed by atoms with van der Waals surface area (Å²) in [5.41, 5.74) is 0. The van der Waals surface area contributed by atoms with Crippen molar-refractivity contribution in [1.82, 2.24) is 0 Å². The molecule has 2 rings (SSSR count). The lowest BCUT2D eigenvalue weighted by Crippen LogP contribution is -2.10. The van der Waals surface area contributed by atoms with Crippen LogP contribution in [0.5, 0.6) is 5.75 Å². The van der Waals surface area contributed by atoms with Crippen molar-refractivity contribution in [1.29, 1.82) is 0 Å². The molecule has 19 heavy (non-hydrogen) atoms. The van der Waals surface area contributed by atoms with Gasteiger partial charge in [-0.3, -0.25) is 9.11 Å². The predicted octanol–water partition coefficient (Wildman–Crippen LogP) is 1.27. The normalized spacial score (nSPS) is 12.5. The molecule has 0 radical (unpaired) electrons. The average molecular weight is 304 g/mol. The van der Waals surface area contributed by atoms with E-state index in [0.29, 0.717) is 5.39 Å². The summed E-state index contributed by atoms with van der Waals surface area (Å²) < 4.78 is 65.9. The van der Waals surface area contributed by atoms with Gasteiger partial charge < -0.3 is 4.18 Å². The van der Waals surface area contributed by atoms with Crippen molar-refractivity contribution in [2.24, 2.45) is 0 Å². The molecule has 0 unspecified atom stereocenters. The summed E-state index contributed by atoms with van der Waals surface area (Å²) in [6.45, 7) is 0. The summed E-state index contributed by atoms with van der Waals surface area (Å²) in [5.74, 6) is -0.650. The van der Waals surface area contributed by atoms with E-state index in [0.717, 1.165) is 6.07 Å². The van der Waals surface area contributed by atoms with Crippen LogP contribution in [0.25, 0.3) is 10.8 Å². The lowest BCUT2D eigenvalue weighted by atomic mass is 10.1. The van der Waals surface area contributed by atoms with Gasteiger partial charge in [-0.05, 0) is 11.5 Å². The minimum absolute atomic E-state index is 0.121. The van der Waals surface area contributed by atoms with Gasteiger partial charge in [-0.1, -0.05) is 30.3 Å². The second-order valence-corrected chi connectivity index (χ2v) is 6.01. The molecule has 0 bridgehead atoms. The molecule has 2 aromatic rings. The highest BCUT2D eigenvalue weighted by atomic mass is 32.3. The first-order valence-corrected chi connectivity index (χ1v) is 7.65. The summed E-state index contributed by atoms with van der Waals surface area (Å²) >= 11 is 0. The van der Waals surface area contributed by atoms with Gasteiger partial charge in [0.15, 0.2) is 5.75 Å². The van der Waals surface area contributed by atoms with Gasteiger partial charge in [0.05, 0.1) is 0 Å². The van der Waals surface area contributed by atoms with E-state index in [1.54, 1.807) is 12.1 Å². The fraction of sp³-hybridized carbons (Fsp3) is 0. The SMILES string of the molecule is O=S(=O)(O)Oc1c(S(=O)(=O)O)ccc2ccccc12. The molecule has 0 spiro atoms. The van der Waals surface area contributed by atoms with Gasteiger partial charge in [0.25, 0.3) is 10.1 Å². The molecule has 0 heterocycles. The van der Waals surface area contributed by atoms with E-state index in [2.05, 4.69) is 4.18 Å². The summed E-state index contributed by atoms with van der Waals surface area (Å²) in [6.07, 6.45) is 0. The van der Waals surface area contributed by atoms with E-state index in [4.69, 9.17) is 9.11 Å². The van der Waals surface area contributed by atoms with Crippen LogP contribution >= 0.6 is 0 Å². The van der Waals surface area contributed by atoms with Gasteiger partial charge in [0.1, 0.15) is 4.90 Å². The molecular weight excluding hydrogens is 296 g/mol. The highest BCUT2D eigenvalue weighted by molar-refractivity contribution is 7.86. The second kappa shape index (κ2) is 4.46. The molecular formula is C10H8O7S2. The van der Waals surface area contributed by atoms with Crippen LogP contribution in [-0.2, 0) is 20.5 Å². The third-order valence-corrected chi connectivity index (χ3v) is 3.56. The quantitative estimate of drug-likeness (QED) is 0.819. The van der Waals surface area contributed by atoms with Gasteiger partial charge in [-0.15, -0.1) is 0 Å². The average Bonchev–Trinajstić information content (AvgIpc) is 2.25. The Kier molecular flexibility index (Phi) is 3.22. The van der Waals surface area contributed by atoms with E-state index in [1.807, 2.05) is 0 Å². The molecule has 0 atom stereocenters. The molecule has 0 aliphatic rings. The van der Waals surface area contributed by atoms with Crippen molar-refractivity contribution < 1.29 is 30.1 Å². The fourth-order valence-corrected chi connectivity index (χ4v) is 2.69. The summed E-state index contributed by atoms with van der Waals surface area (Å²) in [6, 6.07) is 8.50. The first-order valence-electron chi connectivity index (χ1n) is 4.84. The smallest absolute Gasteiger partial charge is 0.360 e. The Bertz CT molecular complexity index is 837. The molecule has 0 saturated heterocycles. The Balaban J connectivity index is 2.87. The van der Waals surface area contributed by atoms with Gasteiger partial charge in [-0.2, -0.15) is 16.8 Å². The van der Waals surface area contributed by atoms with Crippen molar-refractivity contribution >= 4 is 31.3 Å². The first kappa shape index (κ1) is 13.7. The molecule has 7 nitrogen and oxygen atoms in total. The second-order valence-electron chi connectivity index (χ2n) is 3.60. The fourth-order valence-electron chi connectivity index (χ4n) is 1.62. The molecule has 2 N–H and O–H groups in total. The number of hydrogen-bond donors (Lipinski definition) is 2. The van der Waals surface area contributed by atoms with Crippen molar-refractivity contribution in [2.45, 2.75) is 4.90 Å². The van der Waals surface area contributed by atoms with E-state index in [-0.39, 0.29) is 5.39 Å². The molecule has 0 aliphatic carbocycles. The van der Waals surface area contributed by atoms with Crippen molar-refractivity contribution in [3.05, 3.63) is 36.4 Å². The largest absolute Gasteiger partial charge is 0.446 e. The predicted molar refractivity (Wildman–Crippen MR) is 65.9 cm³/mol. The zero-order valence-electron chi connectivity index (χ0n) is 9.22. The van der Waals surface area contributed by atoms with Crippen LogP contribution in [0.15, 0.2) is 41.3 Å². The Morgan fingerprint density at radius 2 is 1.53 bits per heavy atom. The Morgan fingerprint density at radius 1 is 0.895 bits per heavy atom. The lowest BCUT2D eigenvalue weighted by molar-refractivity contribution is 0.383. The van der Waals surface area contributed by atoms with Crippen LogP contribution < -0.4 is 4.18 Å². The Hall–Kier alpha value is -1.68. The van der Waals surface area contributed by atoms with Crippen molar-refractivity contribution in [2.75, 3.05) is 0 Å². The molecule has 2 aromatic carbocycles. The molecule has 0 fully saturated rings. The Labute approximate surface area is 109 Å². The topological polar surface area (TPSA) is 118 Å². The maximum absolute atomic E-state index is 11.2. The highest BCUT2D eigenvalue weighted by Crippen LogP contribution is 2.33. The van der Waals surface area contributed by atoms with Crippen LogP contribution in [0.3, 0.4) is 0 Å². The third kappa shape index (κ3) is 3.01. The monoisotopic (exact) mass is 304 g/mol. The van der Waals surface area contributed by atoms with Crippen molar-refractivity contribution in [3.8, 4) is 5.75 Å². The molecule has 102 valence electrons. The third-order valence-electron chi connectivity index (χ3n) is 2.31. The van der Waals surface area contributed by atoms with E-state index in [9.17, 15) is 16.8 Å². The van der Waals surface area contributed by atoms with E-state index in [1.165, 1.54) is 18.2 Å². The molecule has 0 amide bonds. The lowest BCUT2D eigenvalue weighted by Gasteiger charge is -2.09. The van der Waals surface area contributed by atoms with Gasteiger partial charge in [0.2, 0.25) is 0 Å². The summed E-state index contributed by atoms with van der Waals surface area (Å²) in [4.78, 5) is -0.746. The standard InChI is InChI=1S/C10H8O7S2/c11-18(12,13)9-6-5-7-3-1-2-4-8(7)10(9)17-19(14,15)16/h1-6H,(H,11,12,13)(H,14,15,16). The summed E-state index contributed by atoms with van der Waals surface area (Å²) in [5, 5.41) is 0.601. The van der Waals surface area contributed by atoms with Crippen LogP contribution in [0.1, 0.15) is 0 Å². The Morgan fingerprint density at radius 3 is 2.11 bits per heavy atom. The van der Waals surface area contributed by atoms with Crippen LogP contribution in [0.4, 0.5) is 0 Å². The zero-order valence-corrected chi connectivity index (χ0v) is 10.8. The van der Waals surface area contributed by atoms with Gasteiger partial charge >= 0.3 is 10.4 Å². The van der Waals surface area contributed by atoms with E-state index < -0.39 is 31.2 Å². The molecule has 9 heteroatoms. The molecule has 0 aromatic heterocycles. The van der Waals surface area contributed by atoms with Gasteiger partial charge in [0, 0.05) is 5.39 Å². The first-order chi connectivity index (χ1) is 8.68. The maximum atomic E-state index is 11.2. The minimum Gasteiger partial charge on any atom is -0.360 e.